The molecule has 0 saturated heterocycles. The lowest BCUT2D eigenvalue weighted by Gasteiger charge is -2.30. The summed E-state index contributed by atoms with van der Waals surface area (Å²) in [4.78, 5) is 12.7. The van der Waals surface area contributed by atoms with Crippen LogP contribution in [0.2, 0.25) is 0 Å². The van der Waals surface area contributed by atoms with E-state index in [2.05, 4.69) is 9.48 Å². The summed E-state index contributed by atoms with van der Waals surface area (Å²) in [5.74, 6) is -0.852. The lowest BCUT2D eigenvalue weighted by Crippen LogP contribution is -2.30. The molecule has 2 aromatic rings. The molecule has 16 heteroatoms. The van der Waals surface area contributed by atoms with Crippen LogP contribution in [-0.2, 0) is 54.8 Å². The van der Waals surface area contributed by atoms with Gasteiger partial charge in [0.2, 0.25) is 5.69 Å². The highest BCUT2D eigenvalue weighted by Crippen LogP contribution is 2.51. The number of aliphatic carboxylic acids is 1. The van der Waals surface area contributed by atoms with Gasteiger partial charge in [-0.2, -0.15) is 4.58 Å². The van der Waals surface area contributed by atoms with Crippen LogP contribution < -0.4 is 4.90 Å². The SMILES string of the molecule is CC[N+]1=C(/C=C/C=C/C=C/C=C2/N(CCCCCC(=O)O)c3ccc(S(=O)(=O)[O-])cc3C2(C)CCOCCOCCOCCOC)C(C)(C)c2cc(S(=O)(=O)[O-])ccc21. The van der Waals surface area contributed by atoms with E-state index >= 15 is 0 Å². The summed E-state index contributed by atoms with van der Waals surface area (Å²) < 4.78 is 95.9. The first-order valence-corrected chi connectivity index (χ1v) is 22.6. The average molecular weight is 858 g/mol. The second-order valence-electron chi connectivity index (χ2n) is 15.0. The Bertz CT molecular complexity index is 2160. The summed E-state index contributed by atoms with van der Waals surface area (Å²) in [6, 6.07) is 8.93. The zero-order chi connectivity index (χ0) is 43.3. The van der Waals surface area contributed by atoms with E-state index < -0.39 is 37.0 Å². The van der Waals surface area contributed by atoms with Gasteiger partial charge in [0.1, 0.15) is 26.8 Å². The average Bonchev–Trinajstić information content (AvgIpc) is 3.54. The Morgan fingerprint density at radius 3 is 1.97 bits per heavy atom. The number of fused-ring (bicyclic) bond motifs is 2. The van der Waals surface area contributed by atoms with Crippen molar-refractivity contribution in [1.82, 2.24) is 0 Å². The maximum Gasteiger partial charge on any atom is 0.303 e. The van der Waals surface area contributed by atoms with Crippen LogP contribution in [0.5, 0.6) is 0 Å². The highest BCUT2D eigenvalue weighted by molar-refractivity contribution is 7.86. The van der Waals surface area contributed by atoms with Crippen molar-refractivity contribution in [2.75, 3.05) is 71.3 Å². The van der Waals surface area contributed by atoms with E-state index in [0.717, 1.165) is 28.3 Å². The van der Waals surface area contributed by atoms with Gasteiger partial charge >= 0.3 is 5.97 Å². The third-order valence-electron chi connectivity index (χ3n) is 10.6. The van der Waals surface area contributed by atoms with Crippen LogP contribution in [0.15, 0.2) is 94.4 Å². The van der Waals surface area contributed by atoms with E-state index in [1.807, 2.05) is 70.2 Å². The summed E-state index contributed by atoms with van der Waals surface area (Å²) in [6.45, 7) is 12.0. The normalized spacial score (nSPS) is 18.6. The first-order chi connectivity index (χ1) is 28.0. The minimum absolute atomic E-state index is 0.0694. The van der Waals surface area contributed by atoms with E-state index in [-0.39, 0.29) is 16.2 Å². The molecule has 1 atom stereocenters. The number of carbonyl (C=O) groups is 1. The number of ether oxygens (including phenoxy) is 4. The van der Waals surface area contributed by atoms with Gasteiger partial charge in [-0.15, -0.1) is 0 Å². The zero-order valence-corrected chi connectivity index (χ0v) is 36.2. The van der Waals surface area contributed by atoms with Gasteiger partial charge in [-0.05, 0) is 88.9 Å². The number of anilines is 1. The van der Waals surface area contributed by atoms with Crippen molar-refractivity contribution in [3.05, 3.63) is 95.8 Å². The predicted molar refractivity (Wildman–Crippen MR) is 223 cm³/mol. The van der Waals surface area contributed by atoms with Gasteiger partial charge in [0.05, 0.1) is 54.8 Å². The molecular formula is C43H57N2O12S2-. The zero-order valence-electron chi connectivity index (χ0n) is 34.6. The van der Waals surface area contributed by atoms with E-state index in [4.69, 9.17) is 24.1 Å². The molecule has 2 heterocycles. The first kappa shape index (κ1) is 47.7. The summed E-state index contributed by atoms with van der Waals surface area (Å²) in [5.41, 5.74) is 3.58. The van der Waals surface area contributed by atoms with E-state index in [0.29, 0.717) is 90.6 Å². The molecule has 1 unspecified atom stereocenters. The Balaban J connectivity index is 1.56. The van der Waals surface area contributed by atoms with Gasteiger partial charge in [0, 0.05) is 61.2 Å². The van der Waals surface area contributed by atoms with Crippen LogP contribution in [0.3, 0.4) is 0 Å². The maximum atomic E-state index is 12.2. The van der Waals surface area contributed by atoms with Gasteiger partial charge < -0.3 is 38.1 Å². The largest absolute Gasteiger partial charge is 0.744 e. The van der Waals surface area contributed by atoms with Gasteiger partial charge in [0.25, 0.3) is 0 Å². The van der Waals surface area contributed by atoms with Crippen LogP contribution in [0.25, 0.3) is 0 Å². The smallest absolute Gasteiger partial charge is 0.303 e. The molecule has 0 radical (unpaired) electrons. The topological polar surface area (TPSA) is 195 Å². The number of carboxylic acid groups (broad SMARTS) is 1. The third-order valence-corrected chi connectivity index (χ3v) is 12.3. The molecule has 1 N–H and O–H groups in total. The fourth-order valence-corrected chi connectivity index (χ4v) is 8.50. The minimum atomic E-state index is -4.74. The molecule has 2 aliphatic heterocycles. The Morgan fingerprint density at radius 1 is 0.780 bits per heavy atom. The molecular weight excluding hydrogens is 801 g/mol. The first-order valence-electron chi connectivity index (χ1n) is 19.8. The third kappa shape index (κ3) is 12.5. The van der Waals surface area contributed by atoms with Crippen molar-refractivity contribution < 1.29 is 59.4 Å². The summed E-state index contributed by atoms with van der Waals surface area (Å²) in [6.07, 6.45) is 15.7. The molecule has 2 aliphatic rings. The van der Waals surface area contributed by atoms with Crippen LogP contribution in [0.1, 0.15) is 70.9 Å². The number of methoxy groups -OCH3 is 1. The highest BCUT2D eigenvalue weighted by Gasteiger charge is 2.45. The molecule has 0 fully saturated rings. The van der Waals surface area contributed by atoms with Crippen LogP contribution in [-0.4, -0.2) is 114 Å². The standard InChI is InChI=1S/C43H58N2O12S2/c1-6-44-37-20-18-33(58(48,49)50)31-35(37)42(2,3)39(44)15-11-8-7-9-12-16-40-43(4,22-24-55-27-28-57-30-29-56-26-25-54-5)36-32-34(59(51,52)53)19-21-38(36)45(40)23-14-10-13-17-41(46)47/h7-9,11-12,15-16,18-21,31-32H,6,10,13-14,17,22-30H2,1-5H3,(H2-,46,47,48,49,50,51,52,53)/p-1. The van der Waals surface area contributed by atoms with Gasteiger partial charge in [-0.25, -0.2) is 16.8 Å². The Morgan fingerprint density at radius 2 is 1.36 bits per heavy atom. The highest BCUT2D eigenvalue weighted by atomic mass is 32.2. The van der Waals surface area contributed by atoms with Crippen molar-refractivity contribution in [1.29, 1.82) is 0 Å². The lowest BCUT2D eigenvalue weighted by molar-refractivity contribution is -0.433. The van der Waals surface area contributed by atoms with Gasteiger partial charge in [-0.1, -0.05) is 36.8 Å². The molecule has 59 heavy (non-hydrogen) atoms. The molecule has 0 spiro atoms. The Kier molecular flexibility index (Phi) is 17.4. The van der Waals surface area contributed by atoms with Crippen molar-refractivity contribution >= 4 is 43.3 Å². The molecule has 0 amide bonds. The molecule has 0 bridgehead atoms. The predicted octanol–water partition coefficient (Wildman–Crippen LogP) is 5.95. The summed E-state index contributed by atoms with van der Waals surface area (Å²) >= 11 is 0. The molecule has 0 aliphatic carbocycles. The number of benzene rings is 2. The summed E-state index contributed by atoms with van der Waals surface area (Å²) in [7, 11) is -7.74. The van der Waals surface area contributed by atoms with Crippen molar-refractivity contribution in [3.8, 4) is 0 Å². The van der Waals surface area contributed by atoms with Gasteiger partial charge in [0.15, 0.2) is 5.71 Å². The second-order valence-corrected chi connectivity index (χ2v) is 17.7. The molecule has 0 aromatic heterocycles. The fourth-order valence-electron chi connectivity index (χ4n) is 7.51. The Hall–Kier alpha value is -4.00. The molecule has 2 aromatic carbocycles. The summed E-state index contributed by atoms with van der Waals surface area (Å²) in [5, 5.41) is 9.13. The monoisotopic (exact) mass is 857 g/mol. The number of rotatable bonds is 25. The maximum absolute atomic E-state index is 12.2. The van der Waals surface area contributed by atoms with E-state index in [9.17, 15) is 30.7 Å². The molecule has 14 nitrogen and oxygen atoms in total. The number of unbranched alkanes of at least 4 members (excludes halogenated alkanes) is 2. The quantitative estimate of drug-likeness (QED) is 0.0533. The van der Waals surface area contributed by atoms with Crippen molar-refractivity contribution in [2.45, 2.75) is 80.4 Å². The number of nitrogens with zero attached hydrogens (tertiary/aromatic N) is 2. The van der Waals surface area contributed by atoms with Gasteiger partial charge in [-0.3, -0.25) is 4.79 Å². The minimum Gasteiger partial charge on any atom is -0.744 e. The Labute approximate surface area is 349 Å². The van der Waals surface area contributed by atoms with E-state index in [1.165, 1.54) is 24.3 Å². The molecule has 4 rings (SSSR count). The second kappa shape index (κ2) is 21.5. The lowest BCUT2D eigenvalue weighted by atomic mass is 9.78. The number of allylic oxidation sites excluding steroid dienone is 8. The number of carboxylic acids is 1. The number of hydrogen-bond acceptors (Lipinski definition) is 12. The molecule has 0 saturated carbocycles. The number of hydrogen-bond donors (Lipinski definition) is 1. The van der Waals surface area contributed by atoms with Crippen LogP contribution >= 0.6 is 0 Å². The van der Waals surface area contributed by atoms with Crippen molar-refractivity contribution in [3.63, 3.8) is 0 Å². The van der Waals surface area contributed by atoms with E-state index in [1.54, 1.807) is 19.2 Å². The molecule has 324 valence electrons. The van der Waals surface area contributed by atoms with Crippen LogP contribution in [0.4, 0.5) is 11.4 Å². The van der Waals surface area contributed by atoms with Crippen molar-refractivity contribution in [2.24, 2.45) is 0 Å². The fraction of sp³-hybridized carbons (Fsp3) is 0.488. The van der Waals surface area contributed by atoms with Crippen LogP contribution in [0, 0.1) is 0 Å².